The molecule has 2 aromatic carbocycles. The molecule has 2 aliphatic rings. The van der Waals surface area contributed by atoms with Gasteiger partial charge in [0.25, 0.3) is 0 Å². The number of halogens is 2. The lowest BCUT2D eigenvalue weighted by atomic mass is 9.75. The first kappa shape index (κ1) is 15.1. The molecule has 1 aliphatic heterocycles. The van der Waals surface area contributed by atoms with Crippen LogP contribution in [0.1, 0.15) is 40.6 Å². The van der Waals surface area contributed by atoms with E-state index in [1.165, 1.54) is 22.4 Å². The topological polar surface area (TPSA) is 12.0 Å². The quantitative estimate of drug-likeness (QED) is 0.587. The molecule has 1 aliphatic carbocycles. The van der Waals surface area contributed by atoms with Gasteiger partial charge in [0, 0.05) is 27.2 Å². The summed E-state index contributed by atoms with van der Waals surface area (Å²) in [5.41, 5.74) is 6.31. The Hall–Kier alpha value is -1.44. The molecule has 0 unspecified atom stereocenters. The SMILES string of the molecule is Cc1cc(C)c2c(c1)N[C@@H](c1c(Cl)cccc1Cl)[C@H]1CC=C[C@@H]21. The molecule has 0 amide bonds. The largest absolute Gasteiger partial charge is 0.378 e. The molecule has 0 bridgehead atoms. The highest BCUT2D eigenvalue weighted by Gasteiger charge is 2.40. The number of fused-ring (bicyclic) bond motifs is 3. The average Bonchev–Trinajstić information content (AvgIpc) is 2.95. The molecule has 3 atom stereocenters. The van der Waals surface area contributed by atoms with Gasteiger partial charge < -0.3 is 5.32 Å². The fourth-order valence-electron chi connectivity index (χ4n) is 4.23. The Balaban J connectivity index is 1.88. The lowest BCUT2D eigenvalue weighted by Crippen LogP contribution is -2.30. The van der Waals surface area contributed by atoms with Gasteiger partial charge in [-0.1, -0.05) is 47.5 Å². The third kappa shape index (κ3) is 2.38. The highest BCUT2D eigenvalue weighted by molar-refractivity contribution is 6.36. The number of hydrogen-bond donors (Lipinski definition) is 1. The number of rotatable bonds is 1. The second kappa shape index (κ2) is 5.58. The van der Waals surface area contributed by atoms with Crippen LogP contribution in [0.2, 0.25) is 10.0 Å². The predicted molar refractivity (Wildman–Crippen MR) is 98.7 cm³/mol. The standard InChI is InChI=1S/C20H19Cl2N/c1-11-9-12(2)18-13-5-3-6-14(13)20(23-17(18)10-11)19-15(21)7-4-8-16(19)22/h3-5,7-10,13-14,20,23H,6H2,1-2H3/t13-,14+,20-/m1/s1. The Kier molecular flexibility index (Phi) is 3.66. The monoisotopic (exact) mass is 343 g/mol. The molecule has 23 heavy (non-hydrogen) atoms. The molecule has 0 saturated carbocycles. The van der Waals surface area contributed by atoms with Crippen molar-refractivity contribution in [3.63, 3.8) is 0 Å². The summed E-state index contributed by atoms with van der Waals surface area (Å²) in [5, 5.41) is 5.23. The van der Waals surface area contributed by atoms with E-state index in [2.05, 4.69) is 43.4 Å². The Morgan fingerprint density at radius 1 is 1.04 bits per heavy atom. The normalized spacial score (nSPS) is 25.0. The van der Waals surface area contributed by atoms with Crippen molar-refractivity contribution >= 4 is 28.9 Å². The van der Waals surface area contributed by atoms with Crippen LogP contribution in [-0.2, 0) is 0 Å². The first-order valence-electron chi connectivity index (χ1n) is 8.04. The van der Waals surface area contributed by atoms with Gasteiger partial charge in [0.2, 0.25) is 0 Å². The Bertz CT molecular complexity index is 789. The van der Waals surface area contributed by atoms with E-state index in [0.717, 1.165) is 22.0 Å². The lowest BCUT2D eigenvalue weighted by molar-refractivity contribution is 0.424. The van der Waals surface area contributed by atoms with Crippen molar-refractivity contribution in [1.82, 2.24) is 0 Å². The molecule has 0 fully saturated rings. The lowest BCUT2D eigenvalue weighted by Gasteiger charge is -2.39. The number of hydrogen-bond acceptors (Lipinski definition) is 1. The third-order valence-electron chi connectivity index (χ3n) is 5.13. The zero-order chi connectivity index (χ0) is 16.1. The molecular formula is C20H19Cl2N. The Morgan fingerprint density at radius 3 is 2.52 bits per heavy atom. The summed E-state index contributed by atoms with van der Waals surface area (Å²) >= 11 is 13.0. The minimum Gasteiger partial charge on any atom is -0.378 e. The van der Waals surface area contributed by atoms with Gasteiger partial charge in [0.05, 0.1) is 6.04 Å². The van der Waals surface area contributed by atoms with Gasteiger partial charge in [-0.2, -0.15) is 0 Å². The molecule has 1 heterocycles. The summed E-state index contributed by atoms with van der Waals surface area (Å²) in [6, 6.07) is 10.4. The highest BCUT2D eigenvalue weighted by Crippen LogP contribution is 2.52. The smallest absolute Gasteiger partial charge is 0.0583 e. The molecule has 0 saturated heterocycles. The van der Waals surface area contributed by atoms with E-state index in [1.54, 1.807) is 0 Å². The number of aryl methyl sites for hydroxylation is 2. The molecule has 0 spiro atoms. The van der Waals surface area contributed by atoms with Crippen molar-refractivity contribution in [1.29, 1.82) is 0 Å². The maximum Gasteiger partial charge on any atom is 0.0583 e. The van der Waals surface area contributed by atoms with Crippen LogP contribution in [-0.4, -0.2) is 0 Å². The zero-order valence-corrected chi connectivity index (χ0v) is 14.7. The summed E-state index contributed by atoms with van der Waals surface area (Å²) in [5.74, 6) is 0.894. The average molecular weight is 344 g/mol. The highest BCUT2D eigenvalue weighted by atomic mass is 35.5. The van der Waals surface area contributed by atoms with Crippen LogP contribution in [0.5, 0.6) is 0 Å². The maximum absolute atomic E-state index is 6.50. The van der Waals surface area contributed by atoms with E-state index < -0.39 is 0 Å². The van der Waals surface area contributed by atoms with Gasteiger partial charge in [-0.05, 0) is 61.1 Å². The van der Waals surface area contributed by atoms with Crippen molar-refractivity contribution in [3.05, 3.63) is 74.8 Å². The van der Waals surface area contributed by atoms with E-state index >= 15 is 0 Å². The molecule has 1 N–H and O–H groups in total. The summed E-state index contributed by atoms with van der Waals surface area (Å²) in [6.45, 7) is 4.35. The van der Waals surface area contributed by atoms with E-state index in [0.29, 0.717) is 11.8 Å². The molecule has 3 heteroatoms. The van der Waals surface area contributed by atoms with E-state index in [-0.39, 0.29) is 6.04 Å². The third-order valence-corrected chi connectivity index (χ3v) is 5.79. The van der Waals surface area contributed by atoms with Crippen LogP contribution < -0.4 is 5.32 Å². The molecule has 2 aromatic rings. The molecule has 4 rings (SSSR count). The molecule has 0 radical (unpaired) electrons. The van der Waals surface area contributed by atoms with Crippen LogP contribution in [0.15, 0.2) is 42.5 Å². The fraction of sp³-hybridized carbons (Fsp3) is 0.300. The minimum absolute atomic E-state index is 0.143. The van der Waals surface area contributed by atoms with Gasteiger partial charge in [-0.15, -0.1) is 0 Å². The first-order chi connectivity index (χ1) is 11.1. The van der Waals surface area contributed by atoms with Gasteiger partial charge in [-0.25, -0.2) is 0 Å². The Labute approximate surface area is 147 Å². The predicted octanol–water partition coefficient (Wildman–Crippen LogP) is 6.44. The fourth-order valence-corrected chi connectivity index (χ4v) is 4.87. The van der Waals surface area contributed by atoms with Crippen LogP contribution in [0.4, 0.5) is 5.69 Å². The van der Waals surface area contributed by atoms with Gasteiger partial charge in [-0.3, -0.25) is 0 Å². The van der Waals surface area contributed by atoms with Crippen LogP contribution in [0, 0.1) is 19.8 Å². The van der Waals surface area contributed by atoms with Crippen molar-refractivity contribution in [2.45, 2.75) is 32.2 Å². The van der Waals surface area contributed by atoms with Crippen molar-refractivity contribution < 1.29 is 0 Å². The number of anilines is 1. The summed E-state index contributed by atoms with van der Waals surface area (Å²) in [7, 11) is 0. The van der Waals surface area contributed by atoms with Gasteiger partial charge in [0.15, 0.2) is 0 Å². The second-order valence-corrected chi connectivity index (χ2v) is 7.47. The number of benzene rings is 2. The number of nitrogens with one attached hydrogen (secondary N) is 1. The Morgan fingerprint density at radius 2 is 1.78 bits per heavy atom. The second-order valence-electron chi connectivity index (χ2n) is 6.65. The first-order valence-corrected chi connectivity index (χ1v) is 8.80. The van der Waals surface area contributed by atoms with Crippen LogP contribution in [0.3, 0.4) is 0 Å². The van der Waals surface area contributed by atoms with Gasteiger partial charge >= 0.3 is 0 Å². The van der Waals surface area contributed by atoms with E-state index in [9.17, 15) is 0 Å². The van der Waals surface area contributed by atoms with Crippen molar-refractivity contribution in [3.8, 4) is 0 Å². The van der Waals surface area contributed by atoms with Crippen LogP contribution >= 0.6 is 23.2 Å². The molecule has 1 nitrogen and oxygen atoms in total. The van der Waals surface area contributed by atoms with Crippen molar-refractivity contribution in [2.75, 3.05) is 5.32 Å². The van der Waals surface area contributed by atoms with Crippen LogP contribution in [0.25, 0.3) is 0 Å². The molecular weight excluding hydrogens is 325 g/mol. The van der Waals surface area contributed by atoms with E-state index in [1.807, 2.05) is 18.2 Å². The minimum atomic E-state index is 0.143. The summed E-state index contributed by atoms with van der Waals surface area (Å²) in [4.78, 5) is 0. The number of allylic oxidation sites excluding steroid dienone is 2. The van der Waals surface area contributed by atoms with Crippen molar-refractivity contribution in [2.24, 2.45) is 5.92 Å². The summed E-state index contributed by atoms with van der Waals surface area (Å²) < 4.78 is 0. The van der Waals surface area contributed by atoms with E-state index in [4.69, 9.17) is 23.2 Å². The summed E-state index contributed by atoms with van der Waals surface area (Å²) in [6.07, 6.45) is 5.70. The maximum atomic E-state index is 6.50. The van der Waals surface area contributed by atoms with Gasteiger partial charge in [0.1, 0.15) is 0 Å². The molecule has 118 valence electrons. The molecule has 0 aromatic heterocycles. The zero-order valence-electron chi connectivity index (χ0n) is 13.2.